The molecule has 4 heteroatoms. The van der Waals surface area contributed by atoms with Gasteiger partial charge in [-0.1, -0.05) is 18.2 Å². The number of carbonyl (C=O) groups excluding carboxylic acids is 1. The van der Waals surface area contributed by atoms with Crippen LogP contribution in [0, 0.1) is 0 Å². The third kappa shape index (κ3) is 2.15. The SMILES string of the molecule is CC(C)(C)N1C[C@@H](CCl)c2c1cc(O)c1cccc(C=O)c21. The molecule has 0 saturated heterocycles. The van der Waals surface area contributed by atoms with Crippen molar-refractivity contribution in [2.45, 2.75) is 32.2 Å². The molecule has 0 spiro atoms. The van der Waals surface area contributed by atoms with Crippen molar-refractivity contribution in [2.24, 2.45) is 0 Å². The Hall–Kier alpha value is -1.74. The Kier molecular flexibility index (Phi) is 3.56. The van der Waals surface area contributed by atoms with Crippen molar-refractivity contribution in [3.8, 4) is 5.75 Å². The van der Waals surface area contributed by atoms with E-state index in [1.807, 2.05) is 12.1 Å². The Balaban J connectivity index is 2.40. The number of anilines is 1. The average Bonchev–Trinajstić information content (AvgIpc) is 2.85. The fourth-order valence-corrected chi connectivity index (χ4v) is 3.66. The second-order valence-electron chi connectivity index (χ2n) is 6.85. The number of phenolic OH excluding ortho intramolecular Hbond substituents is 1. The van der Waals surface area contributed by atoms with Crippen LogP contribution in [-0.2, 0) is 0 Å². The van der Waals surface area contributed by atoms with Gasteiger partial charge in [-0.2, -0.15) is 0 Å². The molecule has 0 unspecified atom stereocenters. The number of rotatable bonds is 2. The molecule has 0 aromatic heterocycles. The summed E-state index contributed by atoms with van der Waals surface area (Å²) in [6, 6.07) is 7.25. The van der Waals surface area contributed by atoms with Gasteiger partial charge >= 0.3 is 0 Å². The number of aromatic hydroxyl groups is 1. The first-order chi connectivity index (χ1) is 10.4. The van der Waals surface area contributed by atoms with Crippen LogP contribution in [0.25, 0.3) is 10.8 Å². The van der Waals surface area contributed by atoms with Crippen LogP contribution in [0.15, 0.2) is 24.3 Å². The normalized spacial score (nSPS) is 17.8. The van der Waals surface area contributed by atoms with Gasteiger partial charge in [-0.3, -0.25) is 4.79 Å². The number of fused-ring (bicyclic) bond motifs is 3. The molecule has 0 amide bonds. The molecule has 1 aliphatic rings. The Bertz CT molecular complexity index is 749. The standard InChI is InChI=1S/C18H20ClNO2/c1-18(2,3)20-9-12(8-19)17-14(20)7-15(22)13-6-4-5-11(10-21)16(13)17/h4-7,10,12,22H,8-9H2,1-3H3/t12-/m1/s1. The van der Waals surface area contributed by atoms with Crippen molar-refractivity contribution < 1.29 is 9.90 Å². The van der Waals surface area contributed by atoms with E-state index in [9.17, 15) is 9.90 Å². The lowest BCUT2D eigenvalue weighted by Crippen LogP contribution is -2.40. The number of phenols is 1. The molecule has 116 valence electrons. The fourth-order valence-electron chi connectivity index (χ4n) is 3.40. The van der Waals surface area contributed by atoms with Crippen molar-refractivity contribution in [2.75, 3.05) is 17.3 Å². The second-order valence-corrected chi connectivity index (χ2v) is 7.16. The third-order valence-electron chi connectivity index (χ3n) is 4.42. The molecule has 0 bridgehead atoms. The number of aldehydes is 1. The maximum Gasteiger partial charge on any atom is 0.150 e. The number of benzene rings is 2. The van der Waals surface area contributed by atoms with Gasteiger partial charge in [0.05, 0.1) is 0 Å². The van der Waals surface area contributed by atoms with Crippen LogP contribution in [0.1, 0.15) is 42.6 Å². The number of nitrogens with zero attached hydrogens (tertiary/aromatic N) is 1. The van der Waals surface area contributed by atoms with E-state index in [-0.39, 0.29) is 17.2 Å². The minimum absolute atomic E-state index is 0.0776. The molecular formula is C18H20ClNO2. The van der Waals surface area contributed by atoms with E-state index in [1.165, 1.54) is 0 Å². The second kappa shape index (κ2) is 5.17. The molecule has 3 rings (SSSR count). The van der Waals surface area contributed by atoms with Crippen LogP contribution in [0.4, 0.5) is 5.69 Å². The van der Waals surface area contributed by atoms with E-state index in [4.69, 9.17) is 11.6 Å². The zero-order valence-electron chi connectivity index (χ0n) is 13.1. The van der Waals surface area contributed by atoms with Gasteiger partial charge in [0.25, 0.3) is 0 Å². The first-order valence-corrected chi connectivity index (χ1v) is 7.99. The summed E-state index contributed by atoms with van der Waals surface area (Å²) in [7, 11) is 0. The first kappa shape index (κ1) is 15.2. The summed E-state index contributed by atoms with van der Waals surface area (Å²) in [5.74, 6) is 0.856. The van der Waals surface area contributed by atoms with Gasteiger partial charge < -0.3 is 10.0 Å². The summed E-state index contributed by atoms with van der Waals surface area (Å²) < 4.78 is 0. The van der Waals surface area contributed by atoms with Crippen LogP contribution in [0.5, 0.6) is 5.75 Å². The molecule has 2 aromatic rings. The highest BCUT2D eigenvalue weighted by Crippen LogP contribution is 2.48. The molecule has 0 radical (unpaired) electrons. The van der Waals surface area contributed by atoms with E-state index >= 15 is 0 Å². The van der Waals surface area contributed by atoms with Crippen molar-refractivity contribution in [1.82, 2.24) is 0 Å². The molecule has 0 fully saturated rings. The first-order valence-electron chi connectivity index (χ1n) is 7.46. The molecule has 1 aliphatic heterocycles. The van der Waals surface area contributed by atoms with Crippen molar-refractivity contribution in [3.05, 3.63) is 35.4 Å². The smallest absolute Gasteiger partial charge is 0.150 e. The quantitative estimate of drug-likeness (QED) is 0.663. The largest absolute Gasteiger partial charge is 0.507 e. The minimum atomic E-state index is -0.0776. The summed E-state index contributed by atoms with van der Waals surface area (Å²) in [4.78, 5) is 13.7. The lowest BCUT2D eigenvalue weighted by molar-refractivity contribution is 0.112. The van der Waals surface area contributed by atoms with Gasteiger partial charge in [-0.25, -0.2) is 0 Å². The minimum Gasteiger partial charge on any atom is -0.507 e. The van der Waals surface area contributed by atoms with Crippen LogP contribution in [-0.4, -0.2) is 29.4 Å². The molecule has 0 saturated carbocycles. The fraction of sp³-hybridized carbons (Fsp3) is 0.389. The number of hydrogen-bond acceptors (Lipinski definition) is 3. The Labute approximate surface area is 135 Å². The molecule has 2 aromatic carbocycles. The Morgan fingerprint density at radius 2 is 2.14 bits per heavy atom. The van der Waals surface area contributed by atoms with Gasteiger partial charge in [0, 0.05) is 52.0 Å². The summed E-state index contributed by atoms with van der Waals surface area (Å²) in [6.07, 6.45) is 0.854. The number of carbonyl (C=O) groups is 1. The van der Waals surface area contributed by atoms with E-state index in [0.717, 1.165) is 29.5 Å². The maximum absolute atomic E-state index is 11.5. The van der Waals surface area contributed by atoms with E-state index < -0.39 is 0 Å². The molecule has 3 nitrogen and oxygen atoms in total. The zero-order valence-corrected chi connectivity index (χ0v) is 13.8. The van der Waals surface area contributed by atoms with Crippen LogP contribution in [0.2, 0.25) is 0 Å². The summed E-state index contributed by atoms with van der Waals surface area (Å²) in [5.41, 5.74) is 2.60. The lowest BCUT2D eigenvalue weighted by Gasteiger charge is -2.35. The average molecular weight is 318 g/mol. The summed E-state index contributed by atoms with van der Waals surface area (Å²) in [5, 5.41) is 12.0. The third-order valence-corrected chi connectivity index (χ3v) is 4.79. The molecule has 1 heterocycles. The van der Waals surface area contributed by atoms with Crippen molar-refractivity contribution >= 4 is 34.3 Å². The summed E-state index contributed by atoms with van der Waals surface area (Å²) >= 11 is 6.21. The number of halogens is 1. The zero-order chi connectivity index (χ0) is 16.1. The Morgan fingerprint density at radius 1 is 1.41 bits per heavy atom. The van der Waals surface area contributed by atoms with Gasteiger partial charge in [0.15, 0.2) is 6.29 Å². The molecule has 0 aliphatic carbocycles. The topological polar surface area (TPSA) is 40.5 Å². The molecule has 1 N–H and O–H groups in total. The lowest BCUT2D eigenvalue weighted by atomic mass is 9.92. The number of hydrogen-bond donors (Lipinski definition) is 1. The van der Waals surface area contributed by atoms with Gasteiger partial charge in [-0.15, -0.1) is 11.6 Å². The monoisotopic (exact) mass is 317 g/mol. The molecule has 22 heavy (non-hydrogen) atoms. The van der Waals surface area contributed by atoms with Gasteiger partial charge in [-0.05, 0) is 26.3 Å². The van der Waals surface area contributed by atoms with Crippen LogP contribution >= 0.6 is 11.6 Å². The predicted octanol–water partition coefficient (Wildman–Crippen LogP) is 4.30. The van der Waals surface area contributed by atoms with E-state index in [0.29, 0.717) is 16.8 Å². The Morgan fingerprint density at radius 3 is 2.73 bits per heavy atom. The van der Waals surface area contributed by atoms with E-state index in [1.54, 1.807) is 12.1 Å². The highest BCUT2D eigenvalue weighted by molar-refractivity contribution is 6.19. The highest BCUT2D eigenvalue weighted by atomic mass is 35.5. The van der Waals surface area contributed by atoms with Gasteiger partial charge in [0.1, 0.15) is 5.75 Å². The van der Waals surface area contributed by atoms with Crippen molar-refractivity contribution in [1.29, 1.82) is 0 Å². The summed E-state index contributed by atoms with van der Waals surface area (Å²) in [6.45, 7) is 7.22. The van der Waals surface area contributed by atoms with Crippen LogP contribution in [0.3, 0.4) is 0 Å². The van der Waals surface area contributed by atoms with Crippen molar-refractivity contribution in [3.63, 3.8) is 0 Å². The highest BCUT2D eigenvalue weighted by Gasteiger charge is 2.36. The predicted molar refractivity (Wildman–Crippen MR) is 91.6 cm³/mol. The molecular weight excluding hydrogens is 298 g/mol. The molecule has 1 atom stereocenters. The van der Waals surface area contributed by atoms with Crippen LogP contribution < -0.4 is 4.90 Å². The van der Waals surface area contributed by atoms with E-state index in [2.05, 4.69) is 25.7 Å². The maximum atomic E-state index is 11.5. The van der Waals surface area contributed by atoms with Gasteiger partial charge in [0.2, 0.25) is 0 Å². The number of alkyl halides is 1.